The number of amides is 1. The van der Waals surface area contributed by atoms with Gasteiger partial charge in [0.15, 0.2) is 0 Å². The molecule has 28 heavy (non-hydrogen) atoms. The van der Waals surface area contributed by atoms with Gasteiger partial charge < -0.3 is 15.4 Å². The fraction of sp³-hybridized carbons (Fsp3) is 0.136. The number of aromatic nitrogens is 1. The standard InChI is InChI=1S/C22H21N3O3/c1-15-6-5-7-16(12-15)14-24-20-13-17(10-11-23-20)21(26)25-19-9-4-3-8-18(19)22(27)28-2/h3-13H,14H2,1-2H3,(H,23,24)(H,25,26). The molecule has 0 aliphatic rings. The van der Waals surface area contributed by atoms with E-state index in [9.17, 15) is 9.59 Å². The van der Waals surface area contributed by atoms with Gasteiger partial charge in [-0.3, -0.25) is 4.79 Å². The van der Waals surface area contributed by atoms with Gasteiger partial charge >= 0.3 is 5.97 Å². The van der Waals surface area contributed by atoms with Crippen LogP contribution in [0.25, 0.3) is 0 Å². The summed E-state index contributed by atoms with van der Waals surface area (Å²) < 4.78 is 4.76. The van der Waals surface area contributed by atoms with Crippen LogP contribution in [0.3, 0.4) is 0 Å². The topological polar surface area (TPSA) is 80.3 Å². The fourth-order valence-electron chi connectivity index (χ4n) is 2.76. The summed E-state index contributed by atoms with van der Waals surface area (Å²) in [6.07, 6.45) is 1.57. The molecule has 0 fully saturated rings. The van der Waals surface area contributed by atoms with Gasteiger partial charge in [-0.1, -0.05) is 42.0 Å². The number of carbonyl (C=O) groups is 2. The number of esters is 1. The molecule has 0 radical (unpaired) electrons. The maximum Gasteiger partial charge on any atom is 0.339 e. The molecule has 0 unspecified atom stereocenters. The Kier molecular flexibility index (Phi) is 6.01. The fourth-order valence-corrected chi connectivity index (χ4v) is 2.76. The molecule has 3 aromatic rings. The molecule has 1 heterocycles. The number of nitrogens with one attached hydrogen (secondary N) is 2. The number of benzene rings is 2. The van der Waals surface area contributed by atoms with Crippen LogP contribution >= 0.6 is 0 Å². The zero-order chi connectivity index (χ0) is 19.9. The molecule has 1 aromatic heterocycles. The Morgan fingerprint density at radius 2 is 1.86 bits per heavy atom. The van der Waals surface area contributed by atoms with Crippen molar-refractivity contribution in [1.82, 2.24) is 4.98 Å². The molecule has 2 N–H and O–H groups in total. The van der Waals surface area contributed by atoms with Crippen LogP contribution in [0, 0.1) is 6.92 Å². The maximum absolute atomic E-state index is 12.6. The normalized spacial score (nSPS) is 10.2. The third-order valence-corrected chi connectivity index (χ3v) is 4.16. The summed E-state index contributed by atoms with van der Waals surface area (Å²) >= 11 is 0. The number of aryl methyl sites for hydroxylation is 1. The highest BCUT2D eigenvalue weighted by Crippen LogP contribution is 2.18. The van der Waals surface area contributed by atoms with Crippen LogP contribution < -0.4 is 10.6 Å². The van der Waals surface area contributed by atoms with Crippen LogP contribution in [0.15, 0.2) is 66.9 Å². The number of methoxy groups -OCH3 is 1. The van der Waals surface area contributed by atoms with Crippen molar-refractivity contribution in [3.8, 4) is 0 Å². The molecule has 3 rings (SSSR count). The summed E-state index contributed by atoms with van der Waals surface area (Å²) in [5.41, 5.74) is 3.44. The lowest BCUT2D eigenvalue weighted by atomic mass is 10.1. The van der Waals surface area contributed by atoms with Gasteiger partial charge in [0.05, 0.1) is 18.4 Å². The van der Waals surface area contributed by atoms with Crippen molar-refractivity contribution in [2.24, 2.45) is 0 Å². The molecule has 0 saturated heterocycles. The van der Waals surface area contributed by atoms with E-state index in [-0.39, 0.29) is 5.91 Å². The molecule has 0 spiro atoms. The summed E-state index contributed by atoms with van der Waals surface area (Å²) in [4.78, 5) is 28.7. The Hall–Kier alpha value is -3.67. The predicted molar refractivity (Wildman–Crippen MR) is 108 cm³/mol. The Labute approximate surface area is 163 Å². The number of pyridine rings is 1. The average molecular weight is 375 g/mol. The van der Waals surface area contributed by atoms with Crippen LogP contribution in [-0.4, -0.2) is 24.0 Å². The van der Waals surface area contributed by atoms with E-state index in [1.54, 1.807) is 42.6 Å². The molecular formula is C22H21N3O3. The van der Waals surface area contributed by atoms with Crippen molar-refractivity contribution in [1.29, 1.82) is 0 Å². The Morgan fingerprint density at radius 3 is 2.64 bits per heavy atom. The predicted octanol–water partition coefficient (Wildman–Crippen LogP) is 4.04. The van der Waals surface area contributed by atoms with Crippen LogP contribution in [0.2, 0.25) is 0 Å². The SMILES string of the molecule is COC(=O)c1ccccc1NC(=O)c1ccnc(NCc2cccc(C)c2)c1. The highest BCUT2D eigenvalue weighted by atomic mass is 16.5. The molecular weight excluding hydrogens is 354 g/mol. The monoisotopic (exact) mass is 375 g/mol. The number of nitrogens with zero attached hydrogens (tertiary/aromatic N) is 1. The molecule has 0 bridgehead atoms. The molecule has 1 amide bonds. The van der Waals surface area contributed by atoms with E-state index in [2.05, 4.69) is 21.7 Å². The second-order valence-corrected chi connectivity index (χ2v) is 6.26. The smallest absolute Gasteiger partial charge is 0.339 e. The van der Waals surface area contributed by atoms with Gasteiger partial charge in [-0.2, -0.15) is 0 Å². The van der Waals surface area contributed by atoms with Crippen LogP contribution in [0.1, 0.15) is 31.8 Å². The zero-order valence-corrected chi connectivity index (χ0v) is 15.7. The third-order valence-electron chi connectivity index (χ3n) is 4.16. The minimum atomic E-state index is -0.508. The Balaban J connectivity index is 1.72. The number of hydrogen-bond donors (Lipinski definition) is 2. The third kappa shape index (κ3) is 4.73. The van der Waals surface area contributed by atoms with Crippen LogP contribution in [0.5, 0.6) is 0 Å². The van der Waals surface area contributed by atoms with E-state index < -0.39 is 5.97 Å². The van der Waals surface area contributed by atoms with Crippen molar-refractivity contribution in [2.45, 2.75) is 13.5 Å². The van der Waals surface area contributed by atoms with E-state index in [1.807, 2.05) is 25.1 Å². The van der Waals surface area contributed by atoms with E-state index in [4.69, 9.17) is 4.74 Å². The first-order valence-corrected chi connectivity index (χ1v) is 8.81. The van der Waals surface area contributed by atoms with Gasteiger partial charge in [0, 0.05) is 18.3 Å². The van der Waals surface area contributed by atoms with Crippen LogP contribution in [-0.2, 0) is 11.3 Å². The van der Waals surface area contributed by atoms with Gasteiger partial charge in [0.2, 0.25) is 0 Å². The largest absolute Gasteiger partial charge is 0.465 e. The van der Waals surface area contributed by atoms with Crippen molar-refractivity contribution < 1.29 is 14.3 Å². The van der Waals surface area contributed by atoms with Gasteiger partial charge in [-0.15, -0.1) is 0 Å². The average Bonchev–Trinajstić information content (AvgIpc) is 2.72. The van der Waals surface area contributed by atoms with E-state index in [1.165, 1.54) is 12.7 Å². The molecule has 2 aromatic carbocycles. The quantitative estimate of drug-likeness (QED) is 0.636. The van der Waals surface area contributed by atoms with E-state index in [0.29, 0.717) is 29.2 Å². The number of para-hydroxylation sites is 1. The highest BCUT2D eigenvalue weighted by molar-refractivity contribution is 6.08. The number of rotatable bonds is 6. The molecule has 0 atom stereocenters. The molecule has 6 heteroatoms. The summed E-state index contributed by atoms with van der Waals surface area (Å²) in [7, 11) is 1.30. The second-order valence-electron chi connectivity index (χ2n) is 6.26. The zero-order valence-electron chi connectivity index (χ0n) is 15.7. The van der Waals surface area contributed by atoms with Gasteiger partial charge in [-0.25, -0.2) is 9.78 Å². The van der Waals surface area contributed by atoms with Crippen molar-refractivity contribution in [2.75, 3.05) is 17.7 Å². The van der Waals surface area contributed by atoms with Crippen molar-refractivity contribution in [3.63, 3.8) is 0 Å². The lowest BCUT2D eigenvalue weighted by Crippen LogP contribution is -2.16. The highest BCUT2D eigenvalue weighted by Gasteiger charge is 2.14. The summed E-state index contributed by atoms with van der Waals surface area (Å²) in [5, 5.41) is 5.98. The lowest BCUT2D eigenvalue weighted by molar-refractivity contribution is 0.0602. The number of carbonyl (C=O) groups excluding carboxylic acids is 2. The number of anilines is 2. The van der Waals surface area contributed by atoms with E-state index >= 15 is 0 Å². The second kappa shape index (κ2) is 8.81. The summed E-state index contributed by atoms with van der Waals surface area (Å²) in [6.45, 7) is 2.64. The number of hydrogen-bond acceptors (Lipinski definition) is 5. The van der Waals surface area contributed by atoms with Crippen molar-refractivity contribution >= 4 is 23.4 Å². The first-order valence-electron chi connectivity index (χ1n) is 8.81. The Morgan fingerprint density at radius 1 is 1.04 bits per heavy atom. The van der Waals surface area contributed by atoms with Gasteiger partial charge in [0.25, 0.3) is 5.91 Å². The summed E-state index contributed by atoms with van der Waals surface area (Å²) in [6, 6.07) is 18.2. The van der Waals surface area contributed by atoms with Crippen LogP contribution in [0.4, 0.5) is 11.5 Å². The molecule has 0 aliphatic heterocycles. The minimum absolute atomic E-state index is 0.296. The lowest BCUT2D eigenvalue weighted by Gasteiger charge is -2.11. The molecule has 142 valence electrons. The maximum atomic E-state index is 12.6. The molecule has 6 nitrogen and oxygen atoms in total. The first-order chi connectivity index (χ1) is 13.6. The molecule has 0 aliphatic carbocycles. The minimum Gasteiger partial charge on any atom is -0.465 e. The number of ether oxygens (including phenoxy) is 1. The Bertz CT molecular complexity index is 1000. The first kappa shape index (κ1) is 19.1. The van der Waals surface area contributed by atoms with Crippen molar-refractivity contribution in [3.05, 3.63) is 89.1 Å². The van der Waals surface area contributed by atoms with Gasteiger partial charge in [0.1, 0.15) is 5.82 Å². The summed E-state index contributed by atoms with van der Waals surface area (Å²) in [5.74, 6) is -0.251. The van der Waals surface area contributed by atoms with E-state index in [0.717, 1.165) is 5.56 Å². The van der Waals surface area contributed by atoms with Gasteiger partial charge in [-0.05, 0) is 36.8 Å². The molecule has 0 saturated carbocycles.